The van der Waals surface area contributed by atoms with Crippen LogP contribution in [0.3, 0.4) is 0 Å². The number of halogens is 1. The Morgan fingerprint density at radius 1 is 1.13 bits per heavy atom. The Kier molecular flexibility index (Phi) is 6.14. The van der Waals surface area contributed by atoms with E-state index in [4.69, 9.17) is 11.6 Å². The molecule has 8 nitrogen and oxygen atoms in total. The fourth-order valence-electron chi connectivity index (χ4n) is 3.20. The largest absolute Gasteiger partial charge is 0.357 e. The van der Waals surface area contributed by atoms with Gasteiger partial charge in [0, 0.05) is 18.6 Å². The van der Waals surface area contributed by atoms with Gasteiger partial charge in [0.2, 0.25) is 11.8 Å². The van der Waals surface area contributed by atoms with Crippen LogP contribution < -0.4 is 5.32 Å². The highest BCUT2D eigenvalue weighted by molar-refractivity contribution is 7.90. The predicted molar refractivity (Wildman–Crippen MR) is 110 cm³/mol. The summed E-state index contributed by atoms with van der Waals surface area (Å²) in [7, 11) is -2.71. The number of carbonyl (C=O) groups excluding carboxylic acids is 3. The number of rotatable bonds is 6. The summed E-state index contributed by atoms with van der Waals surface area (Å²) in [5.41, 5.74) is 0.601. The molecule has 0 bridgehead atoms. The number of nitrogens with zero attached hydrogens (tertiary/aromatic N) is 2. The van der Waals surface area contributed by atoms with Crippen LogP contribution in [0.15, 0.2) is 53.4 Å². The highest BCUT2D eigenvalue weighted by atomic mass is 35.5. The Morgan fingerprint density at radius 3 is 2.40 bits per heavy atom. The molecule has 1 atom stereocenters. The second-order valence-electron chi connectivity index (χ2n) is 6.72. The van der Waals surface area contributed by atoms with Gasteiger partial charge in [0.1, 0.15) is 17.5 Å². The molecule has 0 saturated heterocycles. The average molecular weight is 450 g/mol. The van der Waals surface area contributed by atoms with Crippen LogP contribution in [-0.2, 0) is 26.2 Å². The minimum Gasteiger partial charge on any atom is -0.357 e. The van der Waals surface area contributed by atoms with Gasteiger partial charge in [-0.05, 0) is 30.7 Å². The van der Waals surface area contributed by atoms with Gasteiger partial charge in [0.05, 0.1) is 5.56 Å². The first-order chi connectivity index (χ1) is 14.2. The van der Waals surface area contributed by atoms with Crippen molar-refractivity contribution >= 4 is 39.3 Å². The molecule has 1 heterocycles. The van der Waals surface area contributed by atoms with Crippen LogP contribution in [0, 0.1) is 0 Å². The van der Waals surface area contributed by atoms with E-state index in [-0.39, 0.29) is 17.0 Å². The average Bonchev–Trinajstić information content (AvgIpc) is 2.93. The van der Waals surface area contributed by atoms with Crippen LogP contribution in [-0.4, -0.2) is 55.0 Å². The first-order valence-corrected chi connectivity index (χ1v) is 10.9. The maximum atomic E-state index is 13.1. The molecule has 0 radical (unpaired) electrons. The SMILES string of the molecule is CNC(=O)[C@H](C)N(Cc1ccccc1Cl)C(=O)CN1C(=O)c2ccccc2S1(=O)=O. The number of hydrogen-bond donors (Lipinski definition) is 1. The second kappa shape index (κ2) is 8.45. The summed E-state index contributed by atoms with van der Waals surface area (Å²) in [6.45, 7) is 0.770. The summed E-state index contributed by atoms with van der Waals surface area (Å²) in [4.78, 5) is 39.0. The lowest BCUT2D eigenvalue weighted by Gasteiger charge is -2.30. The normalized spacial score (nSPS) is 15.4. The van der Waals surface area contributed by atoms with Gasteiger partial charge in [0.25, 0.3) is 15.9 Å². The monoisotopic (exact) mass is 449 g/mol. The van der Waals surface area contributed by atoms with Crippen molar-refractivity contribution in [3.8, 4) is 0 Å². The standard InChI is InChI=1S/C20H20ClN3O5S/c1-13(19(26)22-2)23(11-14-7-3-5-9-16(14)21)18(25)12-24-20(27)15-8-4-6-10-17(15)30(24,28)29/h3-10,13H,11-12H2,1-2H3,(H,22,26)/t13-/m0/s1. The molecule has 0 saturated carbocycles. The highest BCUT2D eigenvalue weighted by Gasteiger charge is 2.43. The lowest BCUT2D eigenvalue weighted by molar-refractivity contribution is -0.140. The number of benzene rings is 2. The van der Waals surface area contributed by atoms with Crippen molar-refractivity contribution in [1.82, 2.24) is 14.5 Å². The fraction of sp³-hybridized carbons (Fsp3) is 0.250. The number of amides is 3. The summed E-state index contributed by atoms with van der Waals surface area (Å²) >= 11 is 6.19. The summed E-state index contributed by atoms with van der Waals surface area (Å²) < 4.78 is 26.1. The molecule has 2 aromatic carbocycles. The molecule has 0 fully saturated rings. The molecule has 0 aliphatic carbocycles. The maximum Gasteiger partial charge on any atom is 0.269 e. The van der Waals surface area contributed by atoms with Crippen LogP contribution in [0.25, 0.3) is 0 Å². The van der Waals surface area contributed by atoms with E-state index >= 15 is 0 Å². The summed E-state index contributed by atoms with van der Waals surface area (Å²) in [6.07, 6.45) is 0. The Labute approximate surface area is 179 Å². The van der Waals surface area contributed by atoms with E-state index in [0.29, 0.717) is 14.9 Å². The van der Waals surface area contributed by atoms with Gasteiger partial charge < -0.3 is 10.2 Å². The van der Waals surface area contributed by atoms with Crippen LogP contribution >= 0.6 is 11.6 Å². The lowest BCUT2D eigenvalue weighted by Crippen LogP contribution is -2.50. The van der Waals surface area contributed by atoms with Crippen molar-refractivity contribution in [3.05, 3.63) is 64.7 Å². The zero-order valence-electron chi connectivity index (χ0n) is 16.3. The zero-order chi connectivity index (χ0) is 22.1. The Balaban J connectivity index is 1.91. The topological polar surface area (TPSA) is 104 Å². The quantitative estimate of drug-likeness (QED) is 0.722. The summed E-state index contributed by atoms with van der Waals surface area (Å²) in [5, 5.41) is 2.87. The van der Waals surface area contributed by atoms with E-state index in [1.165, 1.54) is 37.1 Å². The van der Waals surface area contributed by atoms with Gasteiger partial charge in [-0.2, -0.15) is 0 Å². The molecule has 3 rings (SSSR count). The number of carbonyl (C=O) groups is 3. The highest BCUT2D eigenvalue weighted by Crippen LogP contribution is 2.30. The van der Waals surface area contributed by atoms with Crippen molar-refractivity contribution < 1.29 is 22.8 Å². The van der Waals surface area contributed by atoms with Gasteiger partial charge in [-0.1, -0.05) is 41.9 Å². The van der Waals surface area contributed by atoms with Crippen LogP contribution in [0.5, 0.6) is 0 Å². The van der Waals surface area contributed by atoms with Crippen LogP contribution in [0.4, 0.5) is 0 Å². The molecule has 158 valence electrons. The van der Waals surface area contributed by atoms with Gasteiger partial charge in [-0.25, -0.2) is 12.7 Å². The van der Waals surface area contributed by atoms with E-state index in [9.17, 15) is 22.8 Å². The van der Waals surface area contributed by atoms with E-state index in [1.807, 2.05) is 0 Å². The third-order valence-electron chi connectivity index (χ3n) is 4.90. The molecular weight excluding hydrogens is 430 g/mol. The lowest BCUT2D eigenvalue weighted by atomic mass is 10.1. The molecule has 1 N–H and O–H groups in total. The van der Waals surface area contributed by atoms with Crippen LogP contribution in [0.2, 0.25) is 5.02 Å². The van der Waals surface area contributed by atoms with Crippen molar-refractivity contribution in [2.75, 3.05) is 13.6 Å². The number of fused-ring (bicyclic) bond motifs is 1. The molecule has 1 aliphatic heterocycles. The molecule has 1 aliphatic rings. The maximum absolute atomic E-state index is 13.1. The molecule has 3 amide bonds. The molecule has 2 aromatic rings. The minimum atomic E-state index is -4.15. The smallest absolute Gasteiger partial charge is 0.269 e. The number of hydrogen-bond acceptors (Lipinski definition) is 5. The fourth-order valence-corrected chi connectivity index (χ4v) is 4.92. The van der Waals surface area contributed by atoms with E-state index in [0.717, 1.165) is 0 Å². The van der Waals surface area contributed by atoms with Crippen LogP contribution in [0.1, 0.15) is 22.8 Å². The second-order valence-corrected chi connectivity index (χ2v) is 8.95. The number of sulfonamides is 1. The molecular formula is C20H20ClN3O5S. The zero-order valence-corrected chi connectivity index (χ0v) is 17.9. The van der Waals surface area contributed by atoms with Gasteiger partial charge in [-0.15, -0.1) is 0 Å². The van der Waals surface area contributed by atoms with Crippen molar-refractivity contribution in [2.45, 2.75) is 24.4 Å². The predicted octanol–water partition coefficient (Wildman–Crippen LogP) is 1.65. The first kappa shape index (κ1) is 21.8. The molecule has 0 aromatic heterocycles. The Morgan fingerprint density at radius 2 is 1.77 bits per heavy atom. The minimum absolute atomic E-state index is 0.0160. The third kappa shape index (κ3) is 3.90. The third-order valence-corrected chi connectivity index (χ3v) is 7.06. The van der Waals surface area contributed by atoms with Crippen molar-refractivity contribution in [2.24, 2.45) is 0 Å². The van der Waals surface area contributed by atoms with Gasteiger partial charge in [0.15, 0.2) is 0 Å². The van der Waals surface area contributed by atoms with Crippen molar-refractivity contribution in [1.29, 1.82) is 0 Å². The summed E-state index contributed by atoms with van der Waals surface area (Å²) in [5.74, 6) is -1.91. The van der Waals surface area contributed by atoms with Gasteiger partial charge in [-0.3, -0.25) is 14.4 Å². The first-order valence-electron chi connectivity index (χ1n) is 9.09. The van der Waals surface area contributed by atoms with Gasteiger partial charge >= 0.3 is 0 Å². The Bertz CT molecular complexity index is 1120. The molecule has 0 spiro atoms. The summed E-state index contributed by atoms with van der Waals surface area (Å²) in [6, 6.07) is 11.7. The number of likely N-dealkylation sites (N-methyl/N-ethyl adjacent to an activating group) is 1. The van der Waals surface area contributed by atoms with E-state index < -0.39 is 40.3 Å². The van der Waals surface area contributed by atoms with E-state index in [2.05, 4.69) is 5.32 Å². The molecule has 0 unspecified atom stereocenters. The molecule has 10 heteroatoms. The van der Waals surface area contributed by atoms with Crippen molar-refractivity contribution in [3.63, 3.8) is 0 Å². The molecule has 30 heavy (non-hydrogen) atoms. The number of nitrogens with one attached hydrogen (secondary N) is 1. The Hall–Kier alpha value is -2.91. The van der Waals surface area contributed by atoms with E-state index in [1.54, 1.807) is 30.3 Å².